The Hall–Kier alpha value is -4.08. The lowest BCUT2D eigenvalue weighted by molar-refractivity contribution is -0.127. The lowest BCUT2D eigenvalue weighted by Gasteiger charge is -2.12. The van der Waals surface area contributed by atoms with Crippen LogP contribution in [0.2, 0.25) is 5.02 Å². The van der Waals surface area contributed by atoms with Gasteiger partial charge >= 0.3 is 0 Å². The zero-order valence-corrected chi connectivity index (χ0v) is 22.2. The number of anilines is 2. The molecule has 10 heteroatoms. The lowest BCUT2D eigenvalue weighted by atomic mass is 10.1. The van der Waals surface area contributed by atoms with Crippen LogP contribution in [0.5, 0.6) is 5.75 Å². The smallest absolute Gasteiger partial charge is 0.294 e. The van der Waals surface area contributed by atoms with Gasteiger partial charge < -0.3 is 15.4 Å². The summed E-state index contributed by atoms with van der Waals surface area (Å²) in [5.41, 5.74) is 4.05. The Morgan fingerprint density at radius 1 is 0.921 bits per heavy atom. The van der Waals surface area contributed by atoms with Gasteiger partial charge in [0.2, 0.25) is 5.91 Å². The van der Waals surface area contributed by atoms with Crippen LogP contribution in [-0.2, 0) is 14.4 Å². The van der Waals surface area contributed by atoms with Crippen LogP contribution in [0.1, 0.15) is 16.7 Å². The number of ether oxygens (including phenoxy) is 1. The van der Waals surface area contributed by atoms with E-state index in [4.69, 9.17) is 16.3 Å². The van der Waals surface area contributed by atoms with Crippen molar-refractivity contribution < 1.29 is 23.9 Å². The molecule has 0 radical (unpaired) electrons. The molecule has 1 aliphatic rings. The molecule has 0 spiro atoms. The third kappa shape index (κ3) is 7.02. The molecule has 0 unspecified atom stereocenters. The average molecular weight is 550 g/mol. The van der Waals surface area contributed by atoms with Gasteiger partial charge in [0.25, 0.3) is 17.1 Å². The molecule has 1 heterocycles. The first-order valence-electron chi connectivity index (χ1n) is 11.6. The van der Waals surface area contributed by atoms with Gasteiger partial charge in [0.15, 0.2) is 6.61 Å². The van der Waals surface area contributed by atoms with E-state index < -0.39 is 23.6 Å². The van der Waals surface area contributed by atoms with Crippen molar-refractivity contribution in [3.8, 4) is 5.75 Å². The number of halogens is 1. The molecular formula is C28H24ClN3O5S. The predicted octanol–water partition coefficient (Wildman–Crippen LogP) is 5.65. The maximum atomic E-state index is 12.7. The van der Waals surface area contributed by atoms with E-state index in [1.165, 1.54) is 0 Å². The van der Waals surface area contributed by atoms with Crippen LogP contribution in [0, 0.1) is 13.8 Å². The normalized spacial score (nSPS) is 14.1. The first kappa shape index (κ1) is 27.0. The summed E-state index contributed by atoms with van der Waals surface area (Å²) in [5, 5.41) is 5.34. The first-order chi connectivity index (χ1) is 18.2. The minimum atomic E-state index is -0.551. The molecule has 1 saturated heterocycles. The quantitative estimate of drug-likeness (QED) is 0.352. The van der Waals surface area contributed by atoms with Crippen LogP contribution in [0.15, 0.2) is 71.6 Å². The third-order valence-electron chi connectivity index (χ3n) is 5.62. The molecule has 4 rings (SSSR count). The summed E-state index contributed by atoms with van der Waals surface area (Å²) < 4.78 is 5.55. The molecule has 0 bridgehead atoms. The Morgan fingerprint density at radius 2 is 1.63 bits per heavy atom. The number of nitrogens with one attached hydrogen (secondary N) is 2. The summed E-state index contributed by atoms with van der Waals surface area (Å²) in [7, 11) is 0. The number of amides is 4. The molecule has 1 fully saturated rings. The van der Waals surface area contributed by atoms with E-state index in [1.54, 1.807) is 54.6 Å². The second-order valence-electron chi connectivity index (χ2n) is 8.53. The van der Waals surface area contributed by atoms with E-state index in [0.717, 1.165) is 27.8 Å². The maximum Gasteiger partial charge on any atom is 0.294 e. The van der Waals surface area contributed by atoms with Crippen molar-refractivity contribution in [2.75, 3.05) is 23.8 Å². The highest BCUT2D eigenvalue weighted by molar-refractivity contribution is 8.18. The van der Waals surface area contributed by atoms with Crippen LogP contribution >= 0.6 is 23.4 Å². The van der Waals surface area contributed by atoms with E-state index in [9.17, 15) is 19.2 Å². The number of hydrogen-bond donors (Lipinski definition) is 2. The number of nitrogens with zero attached hydrogens (tertiary/aromatic N) is 1. The van der Waals surface area contributed by atoms with Crippen molar-refractivity contribution in [2.45, 2.75) is 13.8 Å². The fourth-order valence-electron chi connectivity index (χ4n) is 3.52. The highest BCUT2D eigenvalue weighted by Gasteiger charge is 2.36. The number of carbonyl (C=O) groups is 4. The van der Waals surface area contributed by atoms with Gasteiger partial charge in [-0.05, 0) is 90.8 Å². The molecule has 0 saturated carbocycles. The van der Waals surface area contributed by atoms with E-state index >= 15 is 0 Å². The summed E-state index contributed by atoms with van der Waals surface area (Å²) >= 11 is 6.68. The highest BCUT2D eigenvalue weighted by atomic mass is 35.5. The fourth-order valence-corrected chi connectivity index (χ4v) is 4.55. The van der Waals surface area contributed by atoms with Gasteiger partial charge in [0.05, 0.1) is 4.91 Å². The second-order valence-corrected chi connectivity index (χ2v) is 9.96. The number of thioether (sulfide) groups is 1. The van der Waals surface area contributed by atoms with Gasteiger partial charge in [0, 0.05) is 16.4 Å². The van der Waals surface area contributed by atoms with Gasteiger partial charge in [-0.25, -0.2) is 0 Å². The molecule has 0 aromatic heterocycles. The molecule has 0 atom stereocenters. The van der Waals surface area contributed by atoms with Crippen molar-refractivity contribution in [3.63, 3.8) is 0 Å². The topological polar surface area (TPSA) is 105 Å². The van der Waals surface area contributed by atoms with Gasteiger partial charge in [-0.2, -0.15) is 0 Å². The van der Waals surface area contributed by atoms with Crippen molar-refractivity contribution >= 4 is 63.8 Å². The second kappa shape index (κ2) is 12.0. The number of hydrogen-bond acceptors (Lipinski definition) is 6. The Balaban J connectivity index is 1.30. The molecule has 1 aliphatic heterocycles. The van der Waals surface area contributed by atoms with Crippen LogP contribution in [0.4, 0.5) is 16.2 Å². The van der Waals surface area contributed by atoms with E-state index in [1.807, 2.05) is 32.0 Å². The molecule has 4 amide bonds. The van der Waals surface area contributed by atoms with Gasteiger partial charge in [-0.15, -0.1) is 0 Å². The van der Waals surface area contributed by atoms with Crippen molar-refractivity contribution in [3.05, 3.63) is 93.3 Å². The Kier molecular flexibility index (Phi) is 8.50. The number of imide groups is 1. The SMILES string of the molecule is Cc1ccc(NC(=O)COc2ccc(/C=C3\SC(=O)N(CC(=O)Nc4cccc(Cl)c4)C3=O)cc2)cc1C. The Bertz CT molecular complexity index is 1440. The van der Waals surface area contributed by atoms with Crippen molar-refractivity contribution in [1.29, 1.82) is 0 Å². The van der Waals surface area contributed by atoms with E-state index in [2.05, 4.69) is 10.6 Å². The minimum Gasteiger partial charge on any atom is -0.484 e. The van der Waals surface area contributed by atoms with Crippen molar-refractivity contribution in [2.24, 2.45) is 0 Å². The molecule has 8 nitrogen and oxygen atoms in total. The van der Waals surface area contributed by atoms with Crippen LogP contribution in [0.25, 0.3) is 6.08 Å². The Labute approximate surface area is 229 Å². The summed E-state index contributed by atoms with van der Waals surface area (Å²) in [6.07, 6.45) is 1.57. The van der Waals surface area contributed by atoms with E-state index in [0.29, 0.717) is 27.7 Å². The highest BCUT2D eigenvalue weighted by Crippen LogP contribution is 2.32. The molecule has 38 heavy (non-hydrogen) atoms. The first-order valence-corrected chi connectivity index (χ1v) is 12.8. The molecule has 0 aliphatic carbocycles. The molecule has 194 valence electrons. The fraction of sp³-hybridized carbons (Fsp3) is 0.143. The summed E-state index contributed by atoms with van der Waals surface area (Å²) in [6, 6.07) is 19.0. The molecule has 3 aromatic rings. The largest absolute Gasteiger partial charge is 0.484 e. The summed E-state index contributed by atoms with van der Waals surface area (Å²) in [6.45, 7) is 3.40. The standard InChI is InChI=1S/C28H24ClN3O5S/c1-17-6-9-22(12-18(17)2)31-26(34)16-37-23-10-7-19(8-11-23)13-24-27(35)32(28(36)38-24)15-25(33)30-21-5-3-4-20(29)14-21/h3-14H,15-16H2,1-2H3,(H,30,33)(H,31,34)/b24-13-. The van der Waals surface area contributed by atoms with Crippen LogP contribution in [-0.4, -0.2) is 41.0 Å². The van der Waals surface area contributed by atoms with Gasteiger partial charge in [0.1, 0.15) is 12.3 Å². The average Bonchev–Trinajstić information content (AvgIpc) is 3.13. The third-order valence-corrected chi connectivity index (χ3v) is 6.76. The number of carbonyl (C=O) groups excluding carboxylic acids is 4. The summed E-state index contributed by atoms with van der Waals surface area (Å²) in [5.74, 6) is -0.878. The minimum absolute atomic E-state index is 0.164. The zero-order valence-electron chi connectivity index (χ0n) is 20.6. The van der Waals surface area contributed by atoms with Gasteiger partial charge in [-0.1, -0.05) is 35.9 Å². The Morgan fingerprint density at radius 3 is 2.34 bits per heavy atom. The number of rotatable bonds is 8. The zero-order chi connectivity index (χ0) is 27.2. The maximum absolute atomic E-state index is 12.7. The number of benzene rings is 3. The van der Waals surface area contributed by atoms with Crippen LogP contribution in [0.3, 0.4) is 0 Å². The monoisotopic (exact) mass is 549 g/mol. The number of aryl methyl sites for hydroxylation is 2. The molecular weight excluding hydrogens is 526 g/mol. The lowest BCUT2D eigenvalue weighted by Crippen LogP contribution is -2.36. The van der Waals surface area contributed by atoms with Crippen molar-refractivity contribution in [1.82, 2.24) is 4.90 Å². The predicted molar refractivity (Wildman–Crippen MR) is 149 cm³/mol. The molecule has 3 aromatic carbocycles. The van der Waals surface area contributed by atoms with Crippen LogP contribution < -0.4 is 15.4 Å². The molecule has 2 N–H and O–H groups in total. The van der Waals surface area contributed by atoms with Gasteiger partial charge in [-0.3, -0.25) is 24.1 Å². The van der Waals surface area contributed by atoms with E-state index in [-0.39, 0.29) is 17.4 Å². The summed E-state index contributed by atoms with van der Waals surface area (Å²) in [4.78, 5) is 50.8.